The maximum Gasteiger partial charge on any atom is 0.573 e. The number of benzene rings is 2. The summed E-state index contributed by atoms with van der Waals surface area (Å²) in [6.07, 6.45) is -4.74. The molecule has 116 valence electrons. The standard InChI is InChI=1S/C15H11F3O4/c16-15(17,18)22-11-7-5-10(6-8-11)9-21-13-4-2-1-3-12(13)14(19)20/h1-8H,9H2,(H,19,20). The number of rotatable bonds is 5. The van der Waals surface area contributed by atoms with E-state index in [9.17, 15) is 18.0 Å². The van der Waals surface area contributed by atoms with E-state index >= 15 is 0 Å². The van der Waals surface area contributed by atoms with Crippen LogP contribution in [0.25, 0.3) is 0 Å². The fourth-order valence-corrected chi connectivity index (χ4v) is 1.72. The number of carboxylic acid groups (broad SMARTS) is 1. The van der Waals surface area contributed by atoms with Crippen LogP contribution in [0.15, 0.2) is 48.5 Å². The summed E-state index contributed by atoms with van der Waals surface area (Å²) in [6.45, 7) is 0.0244. The topological polar surface area (TPSA) is 55.8 Å². The smallest absolute Gasteiger partial charge is 0.488 e. The largest absolute Gasteiger partial charge is 0.573 e. The molecular weight excluding hydrogens is 301 g/mol. The van der Waals surface area contributed by atoms with E-state index in [1.165, 1.54) is 24.3 Å². The number of carbonyl (C=O) groups is 1. The van der Waals surface area contributed by atoms with Gasteiger partial charge in [-0.05, 0) is 29.8 Å². The first-order valence-electron chi connectivity index (χ1n) is 6.15. The molecule has 2 rings (SSSR count). The molecule has 0 saturated heterocycles. The molecule has 0 unspecified atom stereocenters. The second-order valence-corrected chi connectivity index (χ2v) is 4.28. The average Bonchev–Trinajstić information content (AvgIpc) is 2.45. The fraction of sp³-hybridized carbons (Fsp3) is 0.133. The minimum Gasteiger partial charge on any atom is -0.488 e. The summed E-state index contributed by atoms with van der Waals surface area (Å²) in [4.78, 5) is 11.0. The van der Waals surface area contributed by atoms with Crippen LogP contribution >= 0.6 is 0 Å². The van der Waals surface area contributed by atoms with E-state index in [0.717, 1.165) is 12.1 Å². The van der Waals surface area contributed by atoms with Gasteiger partial charge < -0.3 is 14.6 Å². The summed E-state index contributed by atoms with van der Waals surface area (Å²) in [5, 5.41) is 9.00. The van der Waals surface area contributed by atoms with Crippen LogP contribution in [0.4, 0.5) is 13.2 Å². The van der Waals surface area contributed by atoms with Crippen LogP contribution in [-0.4, -0.2) is 17.4 Å². The second-order valence-electron chi connectivity index (χ2n) is 4.28. The highest BCUT2D eigenvalue weighted by molar-refractivity contribution is 5.90. The maximum atomic E-state index is 12.0. The molecular formula is C15H11F3O4. The van der Waals surface area contributed by atoms with Gasteiger partial charge >= 0.3 is 12.3 Å². The van der Waals surface area contributed by atoms with Crippen molar-refractivity contribution in [3.05, 3.63) is 59.7 Å². The van der Waals surface area contributed by atoms with E-state index in [4.69, 9.17) is 9.84 Å². The molecule has 0 aliphatic carbocycles. The van der Waals surface area contributed by atoms with Gasteiger partial charge in [0.2, 0.25) is 0 Å². The van der Waals surface area contributed by atoms with Crippen molar-refractivity contribution in [2.24, 2.45) is 0 Å². The molecule has 0 aromatic heterocycles. The highest BCUT2D eigenvalue weighted by atomic mass is 19.4. The van der Waals surface area contributed by atoms with Gasteiger partial charge in [-0.25, -0.2) is 4.79 Å². The number of carboxylic acids is 1. The Morgan fingerprint density at radius 3 is 2.27 bits per heavy atom. The third-order valence-corrected chi connectivity index (χ3v) is 2.67. The van der Waals surface area contributed by atoms with Crippen LogP contribution in [0, 0.1) is 0 Å². The number of hydrogen-bond donors (Lipinski definition) is 1. The number of ether oxygens (including phenoxy) is 2. The van der Waals surface area contributed by atoms with E-state index < -0.39 is 12.3 Å². The zero-order chi connectivity index (χ0) is 16.2. The predicted molar refractivity (Wildman–Crippen MR) is 70.9 cm³/mol. The molecule has 22 heavy (non-hydrogen) atoms. The molecule has 0 saturated carbocycles. The van der Waals surface area contributed by atoms with Gasteiger partial charge in [-0.15, -0.1) is 13.2 Å². The zero-order valence-electron chi connectivity index (χ0n) is 11.1. The van der Waals surface area contributed by atoms with E-state index in [1.807, 2.05) is 0 Å². The Morgan fingerprint density at radius 1 is 1.05 bits per heavy atom. The Hall–Kier alpha value is -2.70. The zero-order valence-corrected chi connectivity index (χ0v) is 11.1. The van der Waals surface area contributed by atoms with Crippen molar-refractivity contribution in [1.29, 1.82) is 0 Å². The maximum absolute atomic E-state index is 12.0. The van der Waals surface area contributed by atoms with E-state index in [0.29, 0.717) is 5.56 Å². The summed E-state index contributed by atoms with van der Waals surface area (Å²) in [5.74, 6) is -1.27. The predicted octanol–water partition coefficient (Wildman–Crippen LogP) is 3.86. The van der Waals surface area contributed by atoms with E-state index in [-0.39, 0.29) is 23.7 Å². The quantitative estimate of drug-likeness (QED) is 0.911. The van der Waals surface area contributed by atoms with Gasteiger partial charge in [0.05, 0.1) is 0 Å². The Balaban J connectivity index is 2.02. The molecule has 2 aromatic rings. The van der Waals surface area contributed by atoms with Gasteiger partial charge in [0.15, 0.2) is 0 Å². The van der Waals surface area contributed by atoms with Crippen molar-refractivity contribution in [3.63, 3.8) is 0 Å². The van der Waals surface area contributed by atoms with Crippen LogP contribution in [0.3, 0.4) is 0 Å². The van der Waals surface area contributed by atoms with Crippen molar-refractivity contribution in [2.45, 2.75) is 13.0 Å². The fourth-order valence-electron chi connectivity index (χ4n) is 1.72. The Bertz CT molecular complexity index is 651. The minimum absolute atomic E-state index is 0.0134. The second kappa shape index (κ2) is 6.38. The molecule has 0 radical (unpaired) electrons. The molecule has 1 N–H and O–H groups in total. The Labute approximate surface area is 123 Å². The van der Waals surface area contributed by atoms with Crippen molar-refractivity contribution in [2.75, 3.05) is 0 Å². The third-order valence-electron chi connectivity index (χ3n) is 2.67. The van der Waals surface area contributed by atoms with Crippen LogP contribution in [0.5, 0.6) is 11.5 Å². The molecule has 0 atom stereocenters. The third kappa shape index (κ3) is 4.41. The first-order chi connectivity index (χ1) is 10.3. The number of hydrogen-bond acceptors (Lipinski definition) is 3. The number of alkyl halides is 3. The Morgan fingerprint density at radius 2 is 1.68 bits per heavy atom. The van der Waals surface area contributed by atoms with Gasteiger partial charge in [0, 0.05) is 0 Å². The first kappa shape index (κ1) is 15.7. The Kier molecular flexibility index (Phi) is 4.55. The number of aromatic carboxylic acids is 1. The minimum atomic E-state index is -4.74. The van der Waals surface area contributed by atoms with Crippen LogP contribution in [0.2, 0.25) is 0 Å². The van der Waals surface area contributed by atoms with E-state index in [1.54, 1.807) is 12.1 Å². The number of para-hydroxylation sites is 1. The molecule has 0 fully saturated rings. The summed E-state index contributed by atoms with van der Waals surface area (Å²) < 4.78 is 45.2. The lowest BCUT2D eigenvalue weighted by atomic mass is 10.2. The summed E-state index contributed by atoms with van der Waals surface area (Å²) in [6, 6.07) is 11.2. The summed E-state index contributed by atoms with van der Waals surface area (Å²) >= 11 is 0. The molecule has 2 aromatic carbocycles. The summed E-state index contributed by atoms with van der Waals surface area (Å²) in [7, 11) is 0. The SMILES string of the molecule is O=C(O)c1ccccc1OCc1ccc(OC(F)(F)F)cc1. The molecule has 0 spiro atoms. The highest BCUT2D eigenvalue weighted by Crippen LogP contribution is 2.24. The highest BCUT2D eigenvalue weighted by Gasteiger charge is 2.30. The molecule has 4 nitrogen and oxygen atoms in total. The summed E-state index contributed by atoms with van der Waals surface area (Å²) in [5.41, 5.74) is 0.592. The monoisotopic (exact) mass is 312 g/mol. The van der Waals surface area contributed by atoms with Crippen molar-refractivity contribution in [1.82, 2.24) is 0 Å². The molecule has 0 amide bonds. The van der Waals surface area contributed by atoms with Crippen LogP contribution in [0.1, 0.15) is 15.9 Å². The van der Waals surface area contributed by atoms with Crippen LogP contribution in [-0.2, 0) is 6.61 Å². The van der Waals surface area contributed by atoms with Crippen molar-refractivity contribution in [3.8, 4) is 11.5 Å². The lowest BCUT2D eigenvalue weighted by Gasteiger charge is -2.11. The van der Waals surface area contributed by atoms with Gasteiger partial charge in [-0.2, -0.15) is 0 Å². The van der Waals surface area contributed by atoms with Crippen LogP contribution < -0.4 is 9.47 Å². The lowest BCUT2D eigenvalue weighted by Crippen LogP contribution is -2.17. The average molecular weight is 312 g/mol. The van der Waals surface area contributed by atoms with Crippen molar-refractivity contribution < 1.29 is 32.5 Å². The van der Waals surface area contributed by atoms with Crippen molar-refractivity contribution >= 4 is 5.97 Å². The molecule has 7 heteroatoms. The molecule has 0 heterocycles. The van der Waals surface area contributed by atoms with Gasteiger partial charge in [-0.1, -0.05) is 24.3 Å². The van der Waals surface area contributed by atoms with Gasteiger partial charge in [0.1, 0.15) is 23.7 Å². The van der Waals surface area contributed by atoms with Gasteiger partial charge in [-0.3, -0.25) is 0 Å². The van der Waals surface area contributed by atoms with Gasteiger partial charge in [0.25, 0.3) is 0 Å². The number of halogens is 3. The van der Waals surface area contributed by atoms with E-state index in [2.05, 4.69) is 4.74 Å². The molecule has 0 bridgehead atoms. The lowest BCUT2D eigenvalue weighted by molar-refractivity contribution is -0.274. The first-order valence-corrected chi connectivity index (χ1v) is 6.15. The normalized spacial score (nSPS) is 11.0. The molecule has 0 aliphatic rings. The molecule has 0 aliphatic heterocycles.